The Balaban J connectivity index is 1.87. The molecule has 1 spiro atoms. The first kappa shape index (κ1) is 14.0. The van der Waals surface area contributed by atoms with Crippen LogP contribution in [-0.2, 0) is 19.0 Å². The molecule has 4 heteroatoms. The summed E-state index contributed by atoms with van der Waals surface area (Å²) < 4.78 is 18.0. The molecule has 6 atom stereocenters. The Morgan fingerprint density at radius 3 is 2.75 bits per heavy atom. The Bertz CT molecular complexity index is 477. The van der Waals surface area contributed by atoms with Crippen LogP contribution < -0.4 is 0 Å². The van der Waals surface area contributed by atoms with Crippen LogP contribution >= 0.6 is 0 Å². The molecule has 3 heterocycles. The number of hydrogen-bond donors (Lipinski definition) is 0. The van der Waals surface area contributed by atoms with Gasteiger partial charge in [0, 0.05) is 11.8 Å². The van der Waals surface area contributed by atoms with Gasteiger partial charge in [-0.3, -0.25) is 4.79 Å². The molecule has 3 rings (SSSR count). The second-order valence-electron chi connectivity index (χ2n) is 6.39. The summed E-state index contributed by atoms with van der Waals surface area (Å²) in [6, 6.07) is 0. The standard InChI is InChI=1S/C16H22O4/c1-10(8-17)7-11(2)14-12(3)13-5-6-16(9-18-16)15(4,19-13)20-14/h5-8,11-14H,9H2,1-4H3/b10-7+/t11-,12+,13-,14-,15-,16-/m1/s1. The van der Waals surface area contributed by atoms with Crippen molar-refractivity contribution >= 4 is 6.29 Å². The van der Waals surface area contributed by atoms with Gasteiger partial charge in [0.15, 0.2) is 5.60 Å². The molecule has 0 aliphatic carbocycles. The average Bonchev–Trinajstić information content (AvgIpc) is 3.19. The molecule has 0 amide bonds. The highest BCUT2D eigenvalue weighted by atomic mass is 16.8. The quantitative estimate of drug-likeness (QED) is 0.344. The van der Waals surface area contributed by atoms with Crippen molar-refractivity contribution in [3.8, 4) is 0 Å². The topological polar surface area (TPSA) is 48.1 Å². The number of carbonyl (C=O) groups is 1. The minimum atomic E-state index is -0.721. The van der Waals surface area contributed by atoms with Gasteiger partial charge in [0.1, 0.15) is 6.29 Å². The first-order valence-electron chi connectivity index (χ1n) is 7.23. The van der Waals surface area contributed by atoms with E-state index in [9.17, 15) is 4.79 Å². The zero-order valence-electron chi connectivity index (χ0n) is 12.5. The normalized spacial score (nSPS) is 48.2. The van der Waals surface area contributed by atoms with Crippen LogP contribution in [0.2, 0.25) is 0 Å². The predicted molar refractivity (Wildman–Crippen MR) is 74.1 cm³/mol. The Kier molecular flexibility index (Phi) is 3.16. The summed E-state index contributed by atoms with van der Waals surface area (Å²) in [5, 5.41) is 0. The van der Waals surface area contributed by atoms with Crippen molar-refractivity contribution in [3.05, 3.63) is 23.8 Å². The van der Waals surface area contributed by atoms with Crippen molar-refractivity contribution < 1.29 is 19.0 Å². The molecule has 110 valence electrons. The highest BCUT2D eigenvalue weighted by Crippen LogP contribution is 2.51. The lowest BCUT2D eigenvalue weighted by Gasteiger charge is -2.51. The molecule has 2 saturated heterocycles. The summed E-state index contributed by atoms with van der Waals surface area (Å²) in [5.41, 5.74) is 0.327. The van der Waals surface area contributed by atoms with E-state index >= 15 is 0 Å². The molecular formula is C16H22O4. The van der Waals surface area contributed by atoms with E-state index in [4.69, 9.17) is 14.2 Å². The van der Waals surface area contributed by atoms with Gasteiger partial charge in [0.25, 0.3) is 0 Å². The minimum Gasteiger partial charge on any atom is -0.359 e. The Morgan fingerprint density at radius 2 is 2.15 bits per heavy atom. The molecule has 0 radical (unpaired) electrons. The maximum Gasteiger partial charge on any atom is 0.201 e. The van der Waals surface area contributed by atoms with Crippen molar-refractivity contribution in [2.75, 3.05) is 6.61 Å². The van der Waals surface area contributed by atoms with E-state index in [0.29, 0.717) is 6.61 Å². The predicted octanol–water partition coefficient (Wildman–Crippen LogP) is 2.24. The third-order valence-electron chi connectivity index (χ3n) is 4.77. The number of rotatable bonds is 3. The molecule has 0 N–H and O–H groups in total. The van der Waals surface area contributed by atoms with E-state index in [1.807, 2.05) is 19.9 Å². The number of hydrogen-bond acceptors (Lipinski definition) is 4. The Hall–Kier alpha value is -0.970. The van der Waals surface area contributed by atoms with E-state index in [-0.39, 0.29) is 24.0 Å². The second kappa shape index (κ2) is 4.52. The number of fused-ring (bicyclic) bond motifs is 3. The summed E-state index contributed by atoms with van der Waals surface area (Å²) in [6.45, 7) is 8.64. The third kappa shape index (κ3) is 1.98. The first-order valence-corrected chi connectivity index (χ1v) is 7.23. The molecule has 0 aromatic carbocycles. The van der Waals surface area contributed by atoms with Crippen LogP contribution in [0.15, 0.2) is 23.8 Å². The van der Waals surface area contributed by atoms with Gasteiger partial charge in [0.2, 0.25) is 5.79 Å². The summed E-state index contributed by atoms with van der Waals surface area (Å²) in [4.78, 5) is 10.8. The number of allylic oxidation sites excluding steroid dienone is 1. The van der Waals surface area contributed by atoms with Crippen molar-refractivity contribution in [1.82, 2.24) is 0 Å². The van der Waals surface area contributed by atoms with E-state index in [1.54, 1.807) is 0 Å². The maximum atomic E-state index is 10.8. The highest BCUT2D eigenvalue weighted by Gasteiger charge is 2.65. The van der Waals surface area contributed by atoms with E-state index in [2.05, 4.69) is 26.0 Å². The highest BCUT2D eigenvalue weighted by molar-refractivity contribution is 5.72. The fraction of sp³-hybridized carbons (Fsp3) is 0.688. The number of carbonyl (C=O) groups excluding carboxylic acids is 1. The van der Waals surface area contributed by atoms with Gasteiger partial charge in [-0.1, -0.05) is 26.0 Å². The largest absolute Gasteiger partial charge is 0.359 e. The van der Waals surface area contributed by atoms with Crippen molar-refractivity contribution in [1.29, 1.82) is 0 Å². The van der Waals surface area contributed by atoms with E-state index < -0.39 is 11.4 Å². The Labute approximate surface area is 119 Å². The molecule has 20 heavy (non-hydrogen) atoms. The van der Waals surface area contributed by atoms with Crippen LogP contribution in [-0.4, -0.2) is 36.5 Å². The molecule has 0 aromatic rings. The van der Waals surface area contributed by atoms with Crippen LogP contribution in [0.25, 0.3) is 0 Å². The fourth-order valence-corrected chi connectivity index (χ4v) is 3.34. The van der Waals surface area contributed by atoms with Gasteiger partial charge in [-0.05, 0) is 25.5 Å². The number of ether oxygens (including phenoxy) is 3. The molecule has 3 aliphatic heterocycles. The van der Waals surface area contributed by atoms with Crippen molar-refractivity contribution in [2.45, 2.75) is 51.3 Å². The Morgan fingerprint density at radius 1 is 1.45 bits per heavy atom. The van der Waals surface area contributed by atoms with Crippen molar-refractivity contribution in [3.63, 3.8) is 0 Å². The van der Waals surface area contributed by atoms with Gasteiger partial charge in [0.05, 0.1) is 18.8 Å². The van der Waals surface area contributed by atoms with Gasteiger partial charge >= 0.3 is 0 Å². The monoisotopic (exact) mass is 278 g/mol. The third-order valence-corrected chi connectivity index (χ3v) is 4.77. The summed E-state index contributed by atoms with van der Waals surface area (Å²) >= 11 is 0. The zero-order valence-corrected chi connectivity index (χ0v) is 12.5. The SMILES string of the molecule is C/C(C=O)=C\[C@@H](C)[C@H]1O[C@@]2(C)O[C@H](C=C[C@@]23CO3)[C@@H]1C. The van der Waals surface area contributed by atoms with Crippen molar-refractivity contribution in [2.24, 2.45) is 11.8 Å². The van der Waals surface area contributed by atoms with Crippen LogP contribution in [0.4, 0.5) is 0 Å². The molecule has 4 nitrogen and oxygen atoms in total. The van der Waals surface area contributed by atoms with Gasteiger partial charge < -0.3 is 14.2 Å². The second-order valence-corrected chi connectivity index (χ2v) is 6.39. The first-order chi connectivity index (χ1) is 9.41. The zero-order chi connectivity index (χ0) is 14.5. The smallest absolute Gasteiger partial charge is 0.201 e. The molecule has 2 fully saturated rings. The average molecular weight is 278 g/mol. The maximum absolute atomic E-state index is 10.8. The van der Waals surface area contributed by atoms with Crippen LogP contribution in [0.3, 0.4) is 0 Å². The molecule has 0 unspecified atom stereocenters. The van der Waals surface area contributed by atoms with Gasteiger partial charge in [-0.2, -0.15) is 0 Å². The lowest BCUT2D eigenvalue weighted by atomic mass is 9.82. The summed E-state index contributed by atoms with van der Waals surface area (Å²) in [6.07, 6.45) is 7.10. The molecule has 2 bridgehead atoms. The lowest BCUT2D eigenvalue weighted by molar-refractivity contribution is -0.346. The van der Waals surface area contributed by atoms with Gasteiger partial charge in [-0.25, -0.2) is 0 Å². The number of aldehydes is 1. The van der Waals surface area contributed by atoms with E-state index in [1.165, 1.54) is 0 Å². The van der Waals surface area contributed by atoms with E-state index in [0.717, 1.165) is 11.9 Å². The van der Waals surface area contributed by atoms with Crippen LogP contribution in [0.1, 0.15) is 27.7 Å². The summed E-state index contributed by atoms with van der Waals surface area (Å²) in [7, 11) is 0. The fourth-order valence-electron chi connectivity index (χ4n) is 3.34. The van der Waals surface area contributed by atoms with Crippen LogP contribution in [0.5, 0.6) is 0 Å². The molecular weight excluding hydrogens is 256 g/mol. The molecule has 0 aromatic heterocycles. The lowest BCUT2D eigenvalue weighted by Crippen LogP contribution is -2.61. The van der Waals surface area contributed by atoms with Crippen LogP contribution in [0, 0.1) is 11.8 Å². The van der Waals surface area contributed by atoms with Gasteiger partial charge in [-0.15, -0.1) is 0 Å². The molecule has 3 aliphatic rings. The number of epoxide rings is 1. The summed E-state index contributed by atoms with van der Waals surface area (Å²) in [5.74, 6) is -0.329. The molecule has 0 saturated carbocycles. The minimum absolute atomic E-state index is 0.0136.